The van der Waals surface area contributed by atoms with Gasteiger partial charge in [-0.1, -0.05) is 6.07 Å². The molecule has 2 aromatic rings. The molecule has 108 valence electrons. The molecular formula is C14H17NO5. The molecule has 6 nitrogen and oxygen atoms in total. The van der Waals surface area contributed by atoms with Crippen LogP contribution in [-0.4, -0.2) is 52.5 Å². The second-order valence-corrected chi connectivity index (χ2v) is 4.51. The molecule has 6 heteroatoms. The lowest BCUT2D eigenvalue weighted by Gasteiger charge is -2.20. The van der Waals surface area contributed by atoms with E-state index in [-0.39, 0.29) is 19.0 Å². The second-order valence-electron chi connectivity index (χ2n) is 4.51. The average molecular weight is 279 g/mol. The number of fused-ring (bicyclic) bond motifs is 1. The predicted molar refractivity (Wildman–Crippen MR) is 72.6 cm³/mol. The molecular weight excluding hydrogens is 262 g/mol. The molecule has 2 rings (SSSR count). The molecule has 1 heterocycles. The zero-order chi connectivity index (χ0) is 14.5. The summed E-state index contributed by atoms with van der Waals surface area (Å²) >= 11 is 0. The molecule has 0 aliphatic heterocycles. The van der Waals surface area contributed by atoms with Gasteiger partial charge in [0.25, 0.3) is 0 Å². The van der Waals surface area contributed by atoms with Crippen molar-refractivity contribution in [2.24, 2.45) is 0 Å². The van der Waals surface area contributed by atoms with Crippen LogP contribution in [0, 0.1) is 0 Å². The molecule has 0 radical (unpaired) electrons. The third-order valence-electron chi connectivity index (χ3n) is 3.03. The van der Waals surface area contributed by atoms with Gasteiger partial charge in [-0.25, -0.2) is 4.79 Å². The van der Waals surface area contributed by atoms with E-state index in [0.29, 0.717) is 25.2 Å². The monoisotopic (exact) mass is 279 g/mol. The summed E-state index contributed by atoms with van der Waals surface area (Å²) < 4.78 is 5.19. The first-order chi connectivity index (χ1) is 9.63. The molecule has 0 aliphatic carbocycles. The SMILES string of the molecule is O=C(O)c1cc2cc(CN(CCO)CCO)ccc2o1. The molecule has 0 unspecified atom stereocenters. The number of hydrogen-bond acceptors (Lipinski definition) is 5. The zero-order valence-electron chi connectivity index (χ0n) is 11.0. The summed E-state index contributed by atoms with van der Waals surface area (Å²) in [4.78, 5) is 12.8. The summed E-state index contributed by atoms with van der Waals surface area (Å²) in [6.07, 6.45) is 0. The Bertz CT molecular complexity index is 586. The van der Waals surface area contributed by atoms with Gasteiger partial charge in [-0.05, 0) is 23.8 Å². The molecule has 0 bridgehead atoms. The van der Waals surface area contributed by atoms with Gasteiger partial charge in [0.1, 0.15) is 5.58 Å². The molecule has 1 aromatic carbocycles. The fourth-order valence-electron chi connectivity index (χ4n) is 2.11. The van der Waals surface area contributed by atoms with Crippen molar-refractivity contribution in [3.63, 3.8) is 0 Å². The van der Waals surface area contributed by atoms with Crippen LogP contribution in [0.4, 0.5) is 0 Å². The van der Waals surface area contributed by atoms with Crippen LogP contribution < -0.4 is 0 Å². The number of aromatic carboxylic acids is 1. The summed E-state index contributed by atoms with van der Waals surface area (Å²) in [7, 11) is 0. The number of nitrogens with zero attached hydrogens (tertiary/aromatic N) is 1. The maximum absolute atomic E-state index is 10.8. The summed E-state index contributed by atoms with van der Waals surface area (Å²) in [5, 5.41) is 27.6. The van der Waals surface area contributed by atoms with E-state index in [4.69, 9.17) is 19.7 Å². The minimum absolute atomic E-state index is 0.0249. The molecule has 0 atom stereocenters. The standard InChI is InChI=1S/C14H17NO5/c16-5-3-15(4-6-17)9-10-1-2-12-11(7-10)8-13(20-12)14(18)19/h1-2,7-8,16-17H,3-6,9H2,(H,18,19). The van der Waals surface area contributed by atoms with Crippen molar-refractivity contribution >= 4 is 16.9 Å². The van der Waals surface area contributed by atoms with E-state index in [2.05, 4.69) is 0 Å². The number of carbonyl (C=O) groups is 1. The first-order valence-electron chi connectivity index (χ1n) is 6.34. The van der Waals surface area contributed by atoms with Crippen LogP contribution in [0.5, 0.6) is 0 Å². The Morgan fingerprint density at radius 3 is 2.45 bits per heavy atom. The third-order valence-corrected chi connectivity index (χ3v) is 3.03. The van der Waals surface area contributed by atoms with Gasteiger partial charge in [-0.2, -0.15) is 0 Å². The van der Waals surface area contributed by atoms with Crippen molar-refractivity contribution in [1.82, 2.24) is 4.90 Å². The number of rotatable bonds is 7. The number of carboxylic acids is 1. The van der Waals surface area contributed by atoms with Crippen molar-refractivity contribution in [2.45, 2.75) is 6.54 Å². The van der Waals surface area contributed by atoms with Crippen molar-refractivity contribution in [2.75, 3.05) is 26.3 Å². The van der Waals surface area contributed by atoms with E-state index >= 15 is 0 Å². The molecule has 1 aromatic heterocycles. The van der Waals surface area contributed by atoms with Gasteiger partial charge < -0.3 is 19.7 Å². The van der Waals surface area contributed by atoms with Gasteiger partial charge in [0.2, 0.25) is 5.76 Å². The molecule has 3 N–H and O–H groups in total. The smallest absolute Gasteiger partial charge is 0.371 e. The first-order valence-corrected chi connectivity index (χ1v) is 6.34. The van der Waals surface area contributed by atoms with Crippen molar-refractivity contribution in [3.05, 3.63) is 35.6 Å². The van der Waals surface area contributed by atoms with Gasteiger partial charge in [0, 0.05) is 25.0 Å². The van der Waals surface area contributed by atoms with Crippen molar-refractivity contribution < 1.29 is 24.5 Å². The largest absolute Gasteiger partial charge is 0.475 e. The normalized spacial score (nSPS) is 11.3. The second kappa shape index (κ2) is 6.51. The third kappa shape index (κ3) is 3.36. The summed E-state index contributed by atoms with van der Waals surface area (Å²) in [5.74, 6) is -1.18. The first kappa shape index (κ1) is 14.5. The Labute approximate surface area is 115 Å². The Balaban J connectivity index is 2.19. The van der Waals surface area contributed by atoms with Gasteiger partial charge in [-0.15, -0.1) is 0 Å². The Hall–Kier alpha value is -1.89. The van der Waals surface area contributed by atoms with Gasteiger partial charge in [-0.3, -0.25) is 4.90 Å². The number of carboxylic acid groups (broad SMARTS) is 1. The zero-order valence-corrected chi connectivity index (χ0v) is 11.0. The maximum Gasteiger partial charge on any atom is 0.371 e. The van der Waals surface area contributed by atoms with Gasteiger partial charge >= 0.3 is 5.97 Å². The number of aliphatic hydroxyl groups is 2. The van der Waals surface area contributed by atoms with E-state index in [9.17, 15) is 4.79 Å². The number of hydrogen-bond donors (Lipinski definition) is 3. The summed E-state index contributed by atoms with van der Waals surface area (Å²) in [5.41, 5.74) is 1.50. The van der Waals surface area contributed by atoms with Crippen molar-refractivity contribution in [1.29, 1.82) is 0 Å². The minimum Gasteiger partial charge on any atom is -0.475 e. The fraction of sp³-hybridized carbons (Fsp3) is 0.357. The Morgan fingerprint density at radius 1 is 1.15 bits per heavy atom. The van der Waals surface area contributed by atoms with Gasteiger partial charge in [0.05, 0.1) is 13.2 Å². The summed E-state index contributed by atoms with van der Waals surface area (Å²) in [6, 6.07) is 6.92. The Kier molecular flexibility index (Phi) is 4.73. The fourth-order valence-corrected chi connectivity index (χ4v) is 2.11. The molecule has 0 saturated heterocycles. The van der Waals surface area contributed by atoms with E-state index < -0.39 is 5.97 Å². The van der Waals surface area contributed by atoms with Crippen LogP contribution in [-0.2, 0) is 6.54 Å². The molecule has 0 fully saturated rings. The highest BCUT2D eigenvalue weighted by molar-refractivity contribution is 5.91. The van der Waals surface area contributed by atoms with E-state index in [1.54, 1.807) is 6.07 Å². The summed E-state index contributed by atoms with van der Waals surface area (Å²) in [6.45, 7) is 1.58. The van der Waals surface area contributed by atoms with E-state index in [0.717, 1.165) is 10.9 Å². The highest BCUT2D eigenvalue weighted by atomic mass is 16.4. The number of benzene rings is 1. The predicted octanol–water partition coefficient (Wildman–Crippen LogP) is 0.918. The molecule has 0 saturated carbocycles. The minimum atomic E-state index is -1.09. The topological polar surface area (TPSA) is 94.1 Å². The lowest BCUT2D eigenvalue weighted by molar-refractivity contribution is 0.0665. The van der Waals surface area contributed by atoms with Crippen LogP contribution in [0.25, 0.3) is 11.0 Å². The van der Waals surface area contributed by atoms with Crippen LogP contribution >= 0.6 is 0 Å². The highest BCUT2D eigenvalue weighted by Crippen LogP contribution is 2.21. The maximum atomic E-state index is 10.8. The van der Waals surface area contributed by atoms with Crippen LogP contribution in [0.2, 0.25) is 0 Å². The lowest BCUT2D eigenvalue weighted by atomic mass is 10.1. The van der Waals surface area contributed by atoms with Crippen LogP contribution in [0.1, 0.15) is 16.1 Å². The number of furan rings is 1. The lowest BCUT2D eigenvalue weighted by Crippen LogP contribution is -2.29. The van der Waals surface area contributed by atoms with E-state index in [1.165, 1.54) is 6.07 Å². The van der Waals surface area contributed by atoms with Crippen LogP contribution in [0.15, 0.2) is 28.7 Å². The quantitative estimate of drug-likeness (QED) is 0.697. The van der Waals surface area contributed by atoms with E-state index in [1.807, 2.05) is 17.0 Å². The Morgan fingerprint density at radius 2 is 1.85 bits per heavy atom. The van der Waals surface area contributed by atoms with Crippen LogP contribution in [0.3, 0.4) is 0 Å². The molecule has 0 aliphatic rings. The highest BCUT2D eigenvalue weighted by Gasteiger charge is 2.11. The average Bonchev–Trinajstić information content (AvgIpc) is 2.82. The molecule has 0 amide bonds. The molecule has 20 heavy (non-hydrogen) atoms. The number of aliphatic hydroxyl groups excluding tert-OH is 2. The van der Waals surface area contributed by atoms with Crippen molar-refractivity contribution in [3.8, 4) is 0 Å². The molecule has 0 spiro atoms. The van der Waals surface area contributed by atoms with Gasteiger partial charge in [0.15, 0.2) is 0 Å².